The van der Waals surface area contributed by atoms with Crippen LogP contribution in [-0.2, 0) is 6.42 Å². The monoisotopic (exact) mass is 264 g/mol. The maximum absolute atomic E-state index is 5.87. The average molecular weight is 264 g/mol. The van der Waals surface area contributed by atoms with Crippen molar-refractivity contribution in [1.82, 2.24) is 0 Å². The summed E-state index contributed by atoms with van der Waals surface area (Å²) in [5.41, 5.74) is 9.04. The molecule has 0 aliphatic heterocycles. The van der Waals surface area contributed by atoms with Crippen molar-refractivity contribution in [3.8, 4) is 0 Å². The lowest BCUT2D eigenvalue weighted by molar-refractivity contribution is 0.632. The van der Waals surface area contributed by atoms with Crippen molar-refractivity contribution in [2.24, 2.45) is 10.9 Å². The molecular formula is C15H24N2S. The third-order valence-corrected chi connectivity index (χ3v) is 3.44. The number of nitrogens with two attached hydrogens (primary N) is 2. The molecular weight excluding hydrogens is 240 g/mol. The summed E-state index contributed by atoms with van der Waals surface area (Å²) >= 11 is 1.14. The van der Waals surface area contributed by atoms with Crippen LogP contribution in [0.1, 0.15) is 50.2 Å². The molecule has 0 saturated heterocycles. The largest absolute Gasteiger partial charge is 0.398 e. The summed E-state index contributed by atoms with van der Waals surface area (Å²) in [4.78, 5) is 0. The summed E-state index contributed by atoms with van der Waals surface area (Å²) in [6, 6.07) is 8.47. The van der Waals surface area contributed by atoms with Crippen LogP contribution in [0.4, 0.5) is 0 Å². The summed E-state index contributed by atoms with van der Waals surface area (Å²) in [6.45, 7) is 2.25. The van der Waals surface area contributed by atoms with E-state index in [4.69, 9.17) is 10.9 Å². The van der Waals surface area contributed by atoms with Crippen molar-refractivity contribution in [1.29, 1.82) is 0 Å². The van der Waals surface area contributed by atoms with E-state index >= 15 is 0 Å². The van der Waals surface area contributed by atoms with Crippen LogP contribution in [0, 0.1) is 0 Å². The zero-order valence-electron chi connectivity index (χ0n) is 11.2. The Morgan fingerprint density at radius 1 is 1.11 bits per heavy atom. The van der Waals surface area contributed by atoms with Crippen LogP contribution < -0.4 is 10.9 Å². The quantitative estimate of drug-likeness (QED) is 0.550. The molecule has 0 aliphatic rings. The molecule has 0 radical (unpaired) electrons. The molecule has 0 spiro atoms. The van der Waals surface area contributed by atoms with Gasteiger partial charge in [0.2, 0.25) is 0 Å². The fourth-order valence-corrected chi connectivity index (χ4v) is 2.22. The van der Waals surface area contributed by atoms with Gasteiger partial charge in [-0.1, -0.05) is 68.8 Å². The molecule has 0 unspecified atom stereocenters. The molecule has 2 nitrogen and oxygen atoms in total. The van der Waals surface area contributed by atoms with E-state index < -0.39 is 0 Å². The van der Waals surface area contributed by atoms with Crippen LogP contribution in [0.15, 0.2) is 29.7 Å². The van der Waals surface area contributed by atoms with Crippen molar-refractivity contribution < 1.29 is 0 Å². The minimum atomic E-state index is 0.733. The molecule has 1 aromatic rings. The lowest BCUT2D eigenvalue weighted by Crippen LogP contribution is -1.96. The van der Waals surface area contributed by atoms with Crippen molar-refractivity contribution >= 4 is 17.6 Å². The number of hydrogen-bond acceptors (Lipinski definition) is 3. The van der Waals surface area contributed by atoms with E-state index in [9.17, 15) is 0 Å². The van der Waals surface area contributed by atoms with E-state index in [2.05, 4.69) is 31.2 Å². The van der Waals surface area contributed by atoms with E-state index in [1.54, 1.807) is 5.41 Å². The minimum absolute atomic E-state index is 0.733. The van der Waals surface area contributed by atoms with Crippen molar-refractivity contribution in [3.05, 3.63) is 40.8 Å². The molecule has 3 heteroatoms. The van der Waals surface area contributed by atoms with Gasteiger partial charge in [0, 0.05) is 11.1 Å². The van der Waals surface area contributed by atoms with Crippen molar-refractivity contribution in [2.75, 3.05) is 0 Å². The first-order valence-corrected chi connectivity index (χ1v) is 7.62. The third kappa shape index (κ3) is 5.61. The standard InChI is InChI=1S/C15H24N2S/c1-2-3-4-5-6-7-13-8-10-14(11-9-13)15(16)12-18-17/h8-12H,2-7,16-17H2,1H3/b15-12-. The van der Waals surface area contributed by atoms with Gasteiger partial charge in [0.15, 0.2) is 0 Å². The molecule has 100 valence electrons. The summed E-state index contributed by atoms with van der Waals surface area (Å²) in [7, 11) is 0. The van der Waals surface area contributed by atoms with Gasteiger partial charge in [0.05, 0.1) is 0 Å². The third-order valence-electron chi connectivity index (χ3n) is 3.05. The molecule has 0 saturated carbocycles. The second-order valence-electron chi connectivity index (χ2n) is 4.57. The molecule has 0 aromatic heterocycles. The Kier molecular flexibility index (Phi) is 7.62. The molecule has 18 heavy (non-hydrogen) atoms. The Bertz CT molecular complexity index is 357. The Balaban J connectivity index is 2.38. The predicted octanol–water partition coefficient (Wildman–Crippen LogP) is 4.06. The van der Waals surface area contributed by atoms with Gasteiger partial charge in [-0.2, -0.15) is 0 Å². The van der Waals surface area contributed by atoms with Gasteiger partial charge in [-0.25, -0.2) is 0 Å². The normalized spacial score (nSPS) is 11.8. The lowest BCUT2D eigenvalue weighted by Gasteiger charge is -2.04. The molecule has 0 bridgehead atoms. The van der Waals surface area contributed by atoms with E-state index in [1.807, 2.05) is 0 Å². The number of hydrogen-bond donors (Lipinski definition) is 2. The van der Waals surface area contributed by atoms with Crippen LogP contribution in [-0.4, -0.2) is 0 Å². The Hall–Kier alpha value is -0.930. The summed E-state index contributed by atoms with van der Waals surface area (Å²) in [6.07, 6.45) is 7.80. The molecule has 1 rings (SSSR count). The SMILES string of the molecule is CCCCCCCc1ccc(/C(N)=C/SN)cc1. The van der Waals surface area contributed by atoms with Gasteiger partial charge in [0.1, 0.15) is 0 Å². The zero-order chi connectivity index (χ0) is 13.2. The second kappa shape index (κ2) is 9.06. The van der Waals surface area contributed by atoms with Crippen LogP contribution in [0.2, 0.25) is 0 Å². The first-order chi connectivity index (χ1) is 8.77. The van der Waals surface area contributed by atoms with Crippen molar-refractivity contribution in [2.45, 2.75) is 45.4 Å². The van der Waals surface area contributed by atoms with Crippen LogP contribution in [0.5, 0.6) is 0 Å². The fraction of sp³-hybridized carbons (Fsp3) is 0.467. The van der Waals surface area contributed by atoms with Crippen molar-refractivity contribution in [3.63, 3.8) is 0 Å². The maximum Gasteiger partial charge on any atom is 0.0464 e. The van der Waals surface area contributed by atoms with Gasteiger partial charge < -0.3 is 5.73 Å². The predicted molar refractivity (Wildman–Crippen MR) is 82.8 cm³/mol. The first-order valence-electron chi connectivity index (χ1n) is 6.68. The first kappa shape index (κ1) is 15.1. The molecule has 4 N–H and O–H groups in total. The Labute approximate surface area is 115 Å². The van der Waals surface area contributed by atoms with Crippen LogP contribution in [0.25, 0.3) is 5.70 Å². The molecule has 0 heterocycles. The second-order valence-corrected chi connectivity index (χ2v) is 5.08. The Morgan fingerprint density at radius 2 is 1.78 bits per heavy atom. The number of unbranched alkanes of at least 4 members (excludes halogenated alkanes) is 4. The fourth-order valence-electron chi connectivity index (χ4n) is 1.94. The van der Waals surface area contributed by atoms with E-state index in [0.717, 1.165) is 23.2 Å². The van der Waals surface area contributed by atoms with Gasteiger partial charge in [-0.3, -0.25) is 5.14 Å². The van der Waals surface area contributed by atoms with E-state index in [0.29, 0.717) is 0 Å². The minimum Gasteiger partial charge on any atom is -0.398 e. The highest BCUT2D eigenvalue weighted by molar-refractivity contribution is 8.00. The van der Waals surface area contributed by atoms with Crippen LogP contribution in [0.3, 0.4) is 0 Å². The van der Waals surface area contributed by atoms with Gasteiger partial charge in [-0.15, -0.1) is 0 Å². The van der Waals surface area contributed by atoms with E-state index in [-0.39, 0.29) is 0 Å². The molecule has 0 fully saturated rings. The smallest absolute Gasteiger partial charge is 0.0464 e. The van der Waals surface area contributed by atoms with Gasteiger partial charge >= 0.3 is 0 Å². The molecule has 0 atom stereocenters. The molecule has 1 aromatic carbocycles. The topological polar surface area (TPSA) is 52.0 Å². The Morgan fingerprint density at radius 3 is 2.39 bits per heavy atom. The average Bonchev–Trinajstić information content (AvgIpc) is 2.39. The summed E-state index contributed by atoms with van der Waals surface area (Å²) in [5, 5.41) is 7.13. The van der Waals surface area contributed by atoms with Gasteiger partial charge in [-0.05, 0) is 24.0 Å². The van der Waals surface area contributed by atoms with Crippen LogP contribution >= 0.6 is 11.9 Å². The van der Waals surface area contributed by atoms with E-state index in [1.165, 1.54) is 44.1 Å². The highest BCUT2D eigenvalue weighted by Gasteiger charge is 1.98. The van der Waals surface area contributed by atoms with Gasteiger partial charge in [0.25, 0.3) is 0 Å². The highest BCUT2D eigenvalue weighted by atomic mass is 32.2. The molecule has 0 amide bonds. The maximum atomic E-state index is 5.87. The summed E-state index contributed by atoms with van der Waals surface area (Å²) in [5.74, 6) is 0. The lowest BCUT2D eigenvalue weighted by atomic mass is 10.0. The highest BCUT2D eigenvalue weighted by Crippen LogP contribution is 2.14. The zero-order valence-corrected chi connectivity index (χ0v) is 12.0. The molecule has 0 aliphatic carbocycles. The number of rotatable bonds is 8. The number of benzene rings is 1. The summed E-state index contributed by atoms with van der Waals surface area (Å²) < 4.78 is 0. The number of aryl methyl sites for hydroxylation is 1.